The number of hydrogen-bond donors (Lipinski definition) is 1. The van der Waals surface area contributed by atoms with Gasteiger partial charge in [-0.25, -0.2) is 4.98 Å². The minimum Gasteiger partial charge on any atom is -0.465 e. The molecule has 0 saturated carbocycles. The molecule has 0 bridgehead atoms. The van der Waals surface area contributed by atoms with Gasteiger partial charge in [-0.2, -0.15) is 0 Å². The molecule has 0 saturated heterocycles. The lowest BCUT2D eigenvalue weighted by Crippen LogP contribution is -2.11. The van der Waals surface area contributed by atoms with Crippen molar-refractivity contribution in [2.75, 3.05) is 5.73 Å². The highest BCUT2D eigenvalue weighted by Crippen LogP contribution is 2.30. The van der Waals surface area contributed by atoms with Gasteiger partial charge in [-0.15, -0.1) is 10.2 Å². The van der Waals surface area contributed by atoms with Crippen molar-refractivity contribution in [2.45, 2.75) is 13.0 Å². The molecule has 0 amide bonds. The van der Waals surface area contributed by atoms with Crippen molar-refractivity contribution < 1.29 is 4.74 Å². The average Bonchev–Trinajstić information content (AvgIpc) is 2.92. The molecule has 24 heavy (non-hydrogen) atoms. The monoisotopic (exact) mass is 363 g/mol. The first kappa shape index (κ1) is 16.5. The molecule has 124 valence electrons. The van der Waals surface area contributed by atoms with Crippen LogP contribution in [0.3, 0.4) is 0 Å². The van der Waals surface area contributed by atoms with Crippen LogP contribution in [0, 0.1) is 0 Å². The first-order valence-electron chi connectivity index (χ1n) is 7.19. The Kier molecular flexibility index (Phi) is 4.59. The summed E-state index contributed by atoms with van der Waals surface area (Å²) in [5.41, 5.74) is 6.91. The van der Waals surface area contributed by atoms with E-state index in [2.05, 4.69) is 15.2 Å². The van der Waals surface area contributed by atoms with E-state index in [0.29, 0.717) is 33.3 Å². The number of nitrogens with two attached hydrogens (primary N) is 1. The molecule has 0 aliphatic rings. The first-order chi connectivity index (χ1) is 11.5. The minimum absolute atomic E-state index is 0.292. The lowest BCUT2D eigenvalue weighted by atomic mass is 10.2. The molecule has 2 aromatic heterocycles. The van der Waals surface area contributed by atoms with Gasteiger partial charge in [0, 0.05) is 12.6 Å². The zero-order valence-electron chi connectivity index (χ0n) is 13.1. The lowest BCUT2D eigenvalue weighted by molar-refractivity contribution is 0.204. The summed E-state index contributed by atoms with van der Waals surface area (Å²) in [6.07, 6.45) is 1.08. The van der Waals surface area contributed by atoms with E-state index >= 15 is 0 Å². The summed E-state index contributed by atoms with van der Waals surface area (Å²) in [5, 5.41) is 9.38. The second-order valence-corrected chi connectivity index (χ2v) is 6.05. The van der Waals surface area contributed by atoms with Crippen molar-refractivity contribution >= 4 is 28.9 Å². The number of ether oxygens (including phenoxy) is 1. The fourth-order valence-electron chi connectivity index (χ4n) is 2.32. The number of hydrogen-bond acceptors (Lipinski definition) is 5. The highest BCUT2D eigenvalue weighted by atomic mass is 35.5. The van der Waals surface area contributed by atoms with Gasteiger partial charge in [0.2, 0.25) is 5.88 Å². The van der Waals surface area contributed by atoms with Crippen molar-refractivity contribution in [3.05, 3.63) is 52.4 Å². The molecule has 0 aliphatic carbocycles. The highest BCUT2D eigenvalue weighted by molar-refractivity contribution is 6.33. The summed E-state index contributed by atoms with van der Waals surface area (Å²) in [5.74, 6) is 1.57. The van der Waals surface area contributed by atoms with E-state index in [1.54, 1.807) is 6.07 Å². The van der Waals surface area contributed by atoms with E-state index in [1.165, 1.54) is 6.20 Å². The predicted molar refractivity (Wildman–Crippen MR) is 94.2 cm³/mol. The molecular weight excluding hydrogens is 349 g/mol. The number of halogens is 2. The number of nitrogens with zero attached hydrogens (tertiary/aromatic N) is 4. The third kappa shape index (κ3) is 3.16. The molecule has 0 fully saturated rings. The average molecular weight is 364 g/mol. The quantitative estimate of drug-likeness (QED) is 0.759. The summed E-state index contributed by atoms with van der Waals surface area (Å²) in [7, 11) is 1.85. The van der Waals surface area contributed by atoms with Gasteiger partial charge in [0.25, 0.3) is 0 Å². The third-order valence-corrected chi connectivity index (χ3v) is 4.10. The van der Waals surface area contributed by atoms with E-state index in [1.807, 2.05) is 42.8 Å². The third-order valence-electron chi connectivity index (χ3n) is 3.50. The highest BCUT2D eigenvalue weighted by Gasteiger charge is 2.20. The predicted octanol–water partition coefficient (Wildman–Crippen LogP) is 3.91. The van der Waals surface area contributed by atoms with Gasteiger partial charge in [0.15, 0.2) is 17.8 Å². The van der Waals surface area contributed by atoms with Crippen LogP contribution in [0.2, 0.25) is 10.0 Å². The second kappa shape index (κ2) is 6.67. The van der Waals surface area contributed by atoms with Crippen LogP contribution in [-0.4, -0.2) is 19.7 Å². The van der Waals surface area contributed by atoms with Crippen LogP contribution in [0.4, 0.5) is 5.69 Å². The van der Waals surface area contributed by atoms with Gasteiger partial charge in [-0.05, 0) is 25.1 Å². The summed E-state index contributed by atoms with van der Waals surface area (Å²) in [6.45, 7) is 1.84. The van der Waals surface area contributed by atoms with Crippen LogP contribution < -0.4 is 10.5 Å². The zero-order valence-corrected chi connectivity index (χ0v) is 14.6. The molecule has 0 spiro atoms. The molecule has 0 aliphatic heterocycles. The molecule has 3 aromatic rings. The van der Waals surface area contributed by atoms with Gasteiger partial charge < -0.3 is 15.0 Å². The number of pyridine rings is 1. The van der Waals surface area contributed by atoms with Crippen molar-refractivity contribution in [3.8, 4) is 17.3 Å². The van der Waals surface area contributed by atoms with Crippen molar-refractivity contribution in [1.82, 2.24) is 19.7 Å². The maximum atomic E-state index is 6.23. The fourth-order valence-corrected chi connectivity index (χ4v) is 2.76. The van der Waals surface area contributed by atoms with Crippen LogP contribution in [-0.2, 0) is 7.05 Å². The van der Waals surface area contributed by atoms with Gasteiger partial charge >= 0.3 is 0 Å². The summed E-state index contributed by atoms with van der Waals surface area (Å²) >= 11 is 12.3. The number of rotatable bonds is 4. The number of nitrogen functional groups attached to an aromatic ring is 1. The van der Waals surface area contributed by atoms with E-state index in [4.69, 9.17) is 33.7 Å². The number of anilines is 1. The zero-order chi connectivity index (χ0) is 17.3. The Labute approximate surface area is 149 Å². The summed E-state index contributed by atoms with van der Waals surface area (Å²) in [4.78, 5) is 4.09. The number of aromatic nitrogens is 4. The van der Waals surface area contributed by atoms with Crippen molar-refractivity contribution in [1.29, 1.82) is 0 Å². The van der Waals surface area contributed by atoms with Gasteiger partial charge in [0.1, 0.15) is 5.02 Å². The Hall–Kier alpha value is -2.31. The minimum atomic E-state index is -0.410. The van der Waals surface area contributed by atoms with E-state index in [-0.39, 0.29) is 0 Å². The van der Waals surface area contributed by atoms with Crippen LogP contribution in [0.25, 0.3) is 11.4 Å². The molecule has 1 atom stereocenters. The topological polar surface area (TPSA) is 78.8 Å². The standard InChI is InChI=1S/C16H15Cl2N5O/c1-9(24-16-13(18)7-10(19)8-20-16)14-21-22-15(23(14)2)11-5-3-4-6-12(11)17/h3-9H,19H2,1-2H3/t9-/m0/s1. The molecule has 0 radical (unpaired) electrons. The van der Waals surface area contributed by atoms with E-state index in [9.17, 15) is 0 Å². The largest absolute Gasteiger partial charge is 0.465 e. The lowest BCUT2D eigenvalue weighted by Gasteiger charge is -2.14. The van der Waals surface area contributed by atoms with Crippen molar-refractivity contribution in [2.24, 2.45) is 7.05 Å². The van der Waals surface area contributed by atoms with Gasteiger partial charge in [0.05, 0.1) is 16.9 Å². The Morgan fingerprint density at radius 3 is 2.62 bits per heavy atom. The molecule has 2 heterocycles. The smallest absolute Gasteiger partial charge is 0.233 e. The van der Waals surface area contributed by atoms with E-state index < -0.39 is 6.10 Å². The van der Waals surface area contributed by atoms with E-state index in [0.717, 1.165) is 5.56 Å². The molecule has 8 heteroatoms. The van der Waals surface area contributed by atoms with Crippen LogP contribution in [0.15, 0.2) is 36.5 Å². The fraction of sp³-hybridized carbons (Fsp3) is 0.188. The molecule has 2 N–H and O–H groups in total. The van der Waals surface area contributed by atoms with Crippen LogP contribution in [0.5, 0.6) is 5.88 Å². The number of benzene rings is 1. The van der Waals surface area contributed by atoms with Gasteiger partial charge in [-0.1, -0.05) is 35.3 Å². The van der Waals surface area contributed by atoms with Crippen LogP contribution >= 0.6 is 23.2 Å². The molecule has 6 nitrogen and oxygen atoms in total. The Bertz CT molecular complexity index is 881. The van der Waals surface area contributed by atoms with Gasteiger partial charge in [-0.3, -0.25) is 0 Å². The Morgan fingerprint density at radius 2 is 1.92 bits per heavy atom. The summed E-state index contributed by atoms with van der Waals surface area (Å²) < 4.78 is 7.62. The second-order valence-electron chi connectivity index (χ2n) is 5.24. The molecule has 0 unspecified atom stereocenters. The normalized spacial score (nSPS) is 12.2. The van der Waals surface area contributed by atoms with Crippen molar-refractivity contribution in [3.63, 3.8) is 0 Å². The Balaban J connectivity index is 1.89. The maximum absolute atomic E-state index is 6.23. The maximum Gasteiger partial charge on any atom is 0.233 e. The molecular formula is C16H15Cl2N5O. The molecule has 3 rings (SSSR count). The Morgan fingerprint density at radius 1 is 1.17 bits per heavy atom. The van der Waals surface area contributed by atoms with Crippen LogP contribution in [0.1, 0.15) is 18.9 Å². The molecule has 1 aromatic carbocycles. The first-order valence-corrected chi connectivity index (χ1v) is 7.95. The summed E-state index contributed by atoms with van der Waals surface area (Å²) in [6, 6.07) is 9.04. The SMILES string of the molecule is C[C@H](Oc1ncc(N)cc1Cl)c1nnc(-c2ccccc2Cl)n1C.